The van der Waals surface area contributed by atoms with Gasteiger partial charge in [0.25, 0.3) is 0 Å². The van der Waals surface area contributed by atoms with Crippen molar-refractivity contribution in [2.45, 2.75) is 18.6 Å². The third kappa shape index (κ3) is 4.29. The lowest BCUT2D eigenvalue weighted by Crippen LogP contribution is -2.10. The highest BCUT2D eigenvalue weighted by Crippen LogP contribution is 2.39. The van der Waals surface area contributed by atoms with E-state index in [4.69, 9.17) is 0 Å². The number of allylic oxidation sites excluding steroid dienone is 4. The third-order valence-corrected chi connectivity index (χ3v) is 5.62. The third-order valence-electron chi connectivity index (χ3n) is 4.47. The molecule has 1 aliphatic carbocycles. The highest BCUT2D eigenvalue weighted by Gasteiger charge is 2.21. The first-order valence-electron chi connectivity index (χ1n) is 8.88. The molecule has 0 fully saturated rings. The predicted molar refractivity (Wildman–Crippen MR) is 111 cm³/mol. The van der Waals surface area contributed by atoms with Crippen molar-refractivity contribution < 1.29 is 10.2 Å². The molecule has 1 unspecified atom stereocenters. The van der Waals surface area contributed by atoms with Gasteiger partial charge in [-0.2, -0.15) is 11.8 Å². The van der Waals surface area contributed by atoms with E-state index >= 15 is 0 Å². The number of aliphatic hydroxyl groups excluding tert-OH is 1. The van der Waals surface area contributed by atoms with Crippen LogP contribution in [0.3, 0.4) is 0 Å². The Kier molecular flexibility index (Phi) is 6.37. The Balaban J connectivity index is 2.20. The number of aliphatic hydroxyl groups is 1. The van der Waals surface area contributed by atoms with Gasteiger partial charge in [0, 0.05) is 11.0 Å². The van der Waals surface area contributed by atoms with Crippen LogP contribution in [0, 0.1) is 0 Å². The maximum Gasteiger partial charge on any atom is 0.115 e. The first-order chi connectivity index (χ1) is 12.7. The summed E-state index contributed by atoms with van der Waals surface area (Å²) in [7, 11) is 0. The van der Waals surface area contributed by atoms with Crippen LogP contribution in [0.25, 0.3) is 5.57 Å². The molecule has 3 heteroatoms. The molecule has 0 spiro atoms. The summed E-state index contributed by atoms with van der Waals surface area (Å²) in [4.78, 5) is 0. The van der Waals surface area contributed by atoms with Crippen LogP contribution < -0.4 is 0 Å². The smallest absolute Gasteiger partial charge is 0.115 e. The van der Waals surface area contributed by atoms with E-state index in [-0.39, 0.29) is 17.6 Å². The number of thioether (sulfide) groups is 1. The molecule has 1 atom stereocenters. The van der Waals surface area contributed by atoms with Crippen LogP contribution in [-0.2, 0) is 0 Å². The second kappa shape index (κ2) is 8.93. The molecule has 26 heavy (non-hydrogen) atoms. The summed E-state index contributed by atoms with van der Waals surface area (Å²) in [6, 6.07) is 17.8. The van der Waals surface area contributed by atoms with Gasteiger partial charge in [-0.15, -0.1) is 0 Å². The Morgan fingerprint density at radius 3 is 2.35 bits per heavy atom. The fraction of sp³-hybridized carbons (Fsp3) is 0.217. The topological polar surface area (TPSA) is 40.5 Å². The summed E-state index contributed by atoms with van der Waals surface area (Å²) >= 11 is 1.77. The number of hydrogen-bond acceptors (Lipinski definition) is 3. The second-order valence-corrected chi connectivity index (χ2v) is 7.71. The maximum absolute atomic E-state index is 9.72. The Labute approximate surface area is 159 Å². The SMILES string of the molecule is CC(SCCO)/C(C1=CC=CC1)=C(\c1ccccc1)c1ccc(O)cc1. The van der Waals surface area contributed by atoms with Crippen molar-refractivity contribution >= 4 is 17.3 Å². The fourth-order valence-corrected chi connectivity index (χ4v) is 4.19. The summed E-state index contributed by atoms with van der Waals surface area (Å²) in [5.74, 6) is 0.982. The molecule has 2 aromatic rings. The molecule has 0 saturated carbocycles. The minimum absolute atomic E-state index is 0.180. The number of phenols is 1. The average molecular weight is 365 g/mol. The number of rotatable bonds is 7. The zero-order chi connectivity index (χ0) is 18.4. The summed E-state index contributed by atoms with van der Waals surface area (Å²) < 4.78 is 0. The van der Waals surface area contributed by atoms with Gasteiger partial charge in [-0.3, -0.25) is 0 Å². The van der Waals surface area contributed by atoms with Crippen molar-refractivity contribution in [3.05, 3.63) is 95.1 Å². The van der Waals surface area contributed by atoms with Gasteiger partial charge in [-0.1, -0.05) is 60.7 Å². The maximum atomic E-state index is 9.72. The van der Waals surface area contributed by atoms with Gasteiger partial charge in [0.2, 0.25) is 0 Å². The van der Waals surface area contributed by atoms with Gasteiger partial charge in [0.1, 0.15) is 5.75 Å². The summed E-state index contributed by atoms with van der Waals surface area (Å²) in [5, 5.41) is 19.2. The molecule has 2 N–H and O–H groups in total. The number of phenolic OH excluding ortho intramolecular Hbond substituents is 1. The summed E-state index contributed by atoms with van der Waals surface area (Å²) in [5.41, 5.74) is 6.06. The fourth-order valence-electron chi connectivity index (χ4n) is 3.30. The second-order valence-electron chi connectivity index (χ2n) is 6.26. The zero-order valence-electron chi connectivity index (χ0n) is 14.9. The summed E-state index contributed by atoms with van der Waals surface area (Å²) in [6.45, 7) is 2.39. The standard InChI is InChI=1S/C23H24O2S/c1-17(26-16-15-24)22(18-9-5-6-10-18)23(19-7-3-2-4-8-19)20-11-13-21(25)14-12-20/h2-9,11-14,17,24-25H,10,15-16H2,1H3/b23-22-. The van der Waals surface area contributed by atoms with E-state index in [0.717, 1.165) is 17.5 Å². The van der Waals surface area contributed by atoms with Gasteiger partial charge in [-0.05, 0) is 53.3 Å². The average Bonchev–Trinajstić information content (AvgIpc) is 3.20. The molecule has 0 aliphatic heterocycles. The first kappa shape index (κ1) is 18.6. The van der Waals surface area contributed by atoms with Crippen molar-refractivity contribution in [3.63, 3.8) is 0 Å². The van der Waals surface area contributed by atoms with Gasteiger partial charge in [-0.25, -0.2) is 0 Å². The van der Waals surface area contributed by atoms with E-state index in [2.05, 4.69) is 49.4 Å². The van der Waals surface area contributed by atoms with Crippen molar-refractivity contribution in [1.29, 1.82) is 0 Å². The monoisotopic (exact) mass is 364 g/mol. The van der Waals surface area contributed by atoms with Gasteiger partial charge < -0.3 is 10.2 Å². The molecule has 1 aliphatic rings. The quantitative estimate of drug-likeness (QED) is 0.710. The van der Waals surface area contributed by atoms with E-state index in [0.29, 0.717) is 5.75 Å². The molecule has 0 saturated heterocycles. The molecule has 134 valence electrons. The van der Waals surface area contributed by atoms with E-state index in [1.807, 2.05) is 18.2 Å². The molecular weight excluding hydrogens is 340 g/mol. The zero-order valence-corrected chi connectivity index (χ0v) is 15.7. The highest BCUT2D eigenvalue weighted by molar-refractivity contribution is 8.00. The van der Waals surface area contributed by atoms with E-state index in [1.54, 1.807) is 23.9 Å². The van der Waals surface area contributed by atoms with Gasteiger partial charge in [0.15, 0.2) is 0 Å². The van der Waals surface area contributed by atoms with Crippen LogP contribution in [0.1, 0.15) is 24.5 Å². The molecule has 0 heterocycles. The lowest BCUT2D eigenvalue weighted by Gasteiger charge is -2.23. The molecule has 0 bridgehead atoms. The molecule has 0 aromatic heterocycles. The van der Waals surface area contributed by atoms with Crippen LogP contribution in [0.15, 0.2) is 84.0 Å². The largest absolute Gasteiger partial charge is 0.508 e. The van der Waals surface area contributed by atoms with E-state index in [9.17, 15) is 10.2 Å². The minimum Gasteiger partial charge on any atom is -0.508 e. The number of hydrogen-bond donors (Lipinski definition) is 2. The highest BCUT2D eigenvalue weighted by atomic mass is 32.2. The van der Waals surface area contributed by atoms with Crippen molar-refractivity contribution in [3.8, 4) is 5.75 Å². The van der Waals surface area contributed by atoms with Crippen LogP contribution >= 0.6 is 11.8 Å². The van der Waals surface area contributed by atoms with Crippen LogP contribution in [0.4, 0.5) is 0 Å². The lowest BCUT2D eigenvalue weighted by atomic mass is 9.87. The van der Waals surface area contributed by atoms with E-state index in [1.165, 1.54) is 16.7 Å². The Hall–Kier alpha value is -2.23. The van der Waals surface area contributed by atoms with Crippen LogP contribution in [-0.4, -0.2) is 27.8 Å². The van der Waals surface area contributed by atoms with Crippen LogP contribution in [0.2, 0.25) is 0 Å². The molecule has 2 nitrogen and oxygen atoms in total. The Bertz CT molecular complexity index is 817. The van der Waals surface area contributed by atoms with Crippen molar-refractivity contribution in [2.75, 3.05) is 12.4 Å². The molecular formula is C23H24O2S. The molecule has 2 aromatic carbocycles. The number of benzene rings is 2. The van der Waals surface area contributed by atoms with Gasteiger partial charge in [0.05, 0.1) is 6.61 Å². The normalized spacial score (nSPS) is 15.5. The lowest BCUT2D eigenvalue weighted by molar-refractivity contribution is 0.322. The first-order valence-corrected chi connectivity index (χ1v) is 9.93. The molecule has 3 rings (SSSR count). The molecule has 0 amide bonds. The van der Waals surface area contributed by atoms with Crippen molar-refractivity contribution in [2.24, 2.45) is 0 Å². The molecule has 0 radical (unpaired) electrons. The van der Waals surface area contributed by atoms with Crippen molar-refractivity contribution in [1.82, 2.24) is 0 Å². The van der Waals surface area contributed by atoms with Gasteiger partial charge >= 0.3 is 0 Å². The number of aromatic hydroxyl groups is 1. The predicted octanol–water partition coefficient (Wildman–Crippen LogP) is 5.19. The summed E-state index contributed by atoms with van der Waals surface area (Å²) in [6.07, 6.45) is 7.40. The van der Waals surface area contributed by atoms with E-state index < -0.39 is 0 Å². The minimum atomic E-state index is 0.180. The Morgan fingerprint density at radius 2 is 1.73 bits per heavy atom. The van der Waals surface area contributed by atoms with Crippen LogP contribution in [0.5, 0.6) is 5.75 Å². The Morgan fingerprint density at radius 1 is 1.04 bits per heavy atom.